The molecule has 0 aliphatic rings. The van der Waals surface area contributed by atoms with E-state index < -0.39 is 0 Å². The van der Waals surface area contributed by atoms with Crippen LogP contribution in [0.3, 0.4) is 0 Å². The predicted octanol–water partition coefficient (Wildman–Crippen LogP) is 2.08. The van der Waals surface area contributed by atoms with Crippen LogP contribution in [0.2, 0.25) is 0 Å². The molecule has 1 aromatic heterocycles. The second kappa shape index (κ2) is 6.74. The number of nitrogens with zero attached hydrogens (tertiary/aromatic N) is 1. The van der Waals surface area contributed by atoms with Crippen molar-refractivity contribution >= 4 is 5.97 Å². The Morgan fingerprint density at radius 3 is 2.76 bits per heavy atom. The van der Waals surface area contributed by atoms with E-state index in [0.29, 0.717) is 24.5 Å². The number of ether oxygens (including phenoxy) is 2. The SMILES string of the molecule is CCOC(=O)c1cccc(Cn2cccc(OC)c2=O)c1. The predicted molar refractivity (Wildman–Crippen MR) is 78.8 cm³/mol. The second-order valence-corrected chi connectivity index (χ2v) is 4.43. The monoisotopic (exact) mass is 287 g/mol. The Labute approximate surface area is 122 Å². The number of methoxy groups -OCH3 is 1. The highest BCUT2D eigenvalue weighted by Gasteiger charge is 2.08. The molecule has 5 nitrogen and oxygen atoms in total. The molecule has 0 amide bonds. The molecule has 2 rings (SSSR count). The summed E-state index contributed by atoms with van der Waals surface area (Å²) >= 11 is 0. The van der Waals surface area contributed by atoms with Gasteiger partial charge in [0, 0.05) is 6.20 Å². The first-order valence-electron chi connectivity index (χ1n) is 6.65. The summed E-state index contributed by atoms with van der Waals surface area (Å²) in [5.41, 5.74) is 1.11. The van der Waals surface area contributed by atoms with Gasteiger partial charge in [0.1, 0.15) is 0 Å². The van der Waals surface area contributed by atoms with Crippen molar-refractivity contribution in [2.24, 2.45) is 0 Å². The largest absolute Gasteiger partial charge is 0.491 e. The molecule has 2 aromatic rings. The van der Waals surface area contributed by atoms with E-state index in [0.717, 1.165) is 5.56 Å². The van der Waals surface area contributed by atoms with Gasteiger partial charge in [0.2, 0.25) is 0 Å². The Morgan fingerprint density at radius 1 is 1.24 bits per heavy atom. The van der Waals surface area contributed by atoms with Gasteiger partial charge in [-0.25, -0.2) is 4.79 Å². The number of aromatic nitrogens is 1. The molecular weight excluding hydrogens is 270 g/mol. The first kappa shape index (κ1) is 14.8. The third kappa shape index (κ3) is 3.51. The molecule has 1 heterocycles. The average Bonchev–Trinajstić information content (AvgIpc) is 2.50. The maximum Gasteiger partial charge on any atom is 0.338 e. The molecule has 110 valence electrons. The number of carbonyl (C=O) groups excluding carboxylic acids is 1. The van der Waals surface area contributed by atoms with Gasteiger partial charge in [0.05, 0.1) is 25.8 Å². The average molecular weight is 287 g/mol. The summed E-state index contributed by atoms with van der Waals surface area (Å²) in [5.74, 6) is -0.0728. The summed E-state index contributed by atoms with van der Waals surface area (Å²) in [6.45, 7) is 2.46. The van der Waals surface area contributed by atoms with Crippen molar-refractivity contribution < 1.29 is 14.3 Å². The smallest absolute Gasteiger partial charge is 0.338 e. The van der Waals surface area contributed by atoms with Gasteiger partial charge in [0.15, 0.2) is 5.75 Å². The van der Waals surface area contributed by atoms with Crippen molar-refractivity contribution in [3.8, 4) is 5.75 Å². The van der Waals surface area contributed by atoms with Crippen LogP contribution < -0.4 is 10.3 Å². The summed E-state index contributed by atoms with van der Waals surface area (Å²) < 4.78 is 11.5. The lowest BCUT2D eigenvalue weighted by atomic mass is 10.1. The highest BCUT2D eigenvalue weighted by molar-refractivity contribution is 5.89. The molecule has 0 aliphatic heterocycles. The number of benzene rings is 1. The fraction of sp³-hybridized carbons (Fsp3) is 0.250. The van der Waals surface area contributed by atoms with Crippen LogP contribution in [0.25, 0.3) is 0 Å². The fourth-order valence-electron chi connectivity index (χ4n) is 2.00. The normalized spacial score (nSPS) is 10.2. The molecule has 0 saturated carbocycles. The maximum atomic E-state index is 12.1. The third-order valence-electron chi connectivity index (χ3n) is 3.00. The van der Waals surface area contributed by atoms with E-state index in [1.54, 1.807) is 43.5 Å². The Morgan fingerprint density at radius 2 is 2.05 bits per heavy atom. The number of rotatable bonds is 5. The number of hydrogen-bond donors (Lipinski definition) is 0. The molecule has 0 atom stereocenters. The van der Waals surface area contributed by atoms with Gasteiger partial charge < -0.3 is 14.0 Å². The van der Waals surface area contributed by atoms with Crippen LogP contribution in [0, 0.1) is 0 Å². The summed E-state index contributed by atoms with van der Waals surface area (Å²) in [6.07, 6.45) is 1.68. The van der Waals surface area contributed by atoms with Gasteiger partial charge in [-0.3, -0.25) is 4.79 Å². The van der Waals surface area contributed by atoms with Gasteiger partial charge >= 0.3 is 5.97 Å². The van der Waals surface area contributed by atoms with E-state index in [1.807, 2.05) is 6.07 Å². The quantitative estimate of drug-likeness (QED) is 0.790. The summed E-state index contributed by atoms with van der Waals surface area (Å²) in [4.78, 5) is 23.8. The molecule has 5 heteroatoms. The van der Waals surface area contributed by atoms with Crippen LogP contribution >= 0.6 is 0 Å². The summed E-state index contributed by atoms with van der Waals surface area (Å²) in [6, 6.07) is 10.4. The zero-order valence-electron chi connectivity index (χ0n) is 12.0. The van der Waals surface area contributed by atoms with Crippen LogP contribution in [0.15, 0.2) is 47.4 Å². The molecule has 0 aliphatic carbocycles. The lowest BCUT2D eigenvalue weighted by Gasteiger charge is -2.09. The van der Waals surface area contributed by atoms with Crippen molar-refractivity contribution in [3.05, 3.63) is 64.1 Å². The highest BCUT2D eigenvalue weighted by atomic mass is 16.5. The maximum absolute atomic E-state index is 12.1. The first-order chi connectivity index (χ1) is 10.2. The van der Waals surface area contributed by atoms with Crippen molar-refractivity contribution in [3.63, 3.8) is 0 Å². The minimum Gasteiger partial charge on any atom is -0.491 e. The molecule has 1 aromatic carbocycles. The number of esters is 1. The van der Waals surface area contributed by atoms with Crippen LogP contribution in [0.1, 0.15) is 22.8 Å². The zero-order chi connectivity index (χ0) is 15.2. The Bertz CT molecular complexity index is 691. The number of pyridine rings is 1. The molecule has 0 saturated heterocycles. The standard InChI is InChI=1S/C16H17NO4/c1-3-21-16(19)13-7-4-6-12(10-13)11-17-9-5-8-14(20-2)15(17)18/h4-10H,3,11H2,1-2H3. The molecule has 0 fully saturated rings. The van der Waals surface area contributed by atoms with E-state index in [4.69, 9.17) is 9.47 Å². The number of hydrogen-bond acceptors (Lipinski definition) is 4. The van der Waals surface area contributed by atoms with Crippen LogP contribution in [-0.2, 0) is 11.3 Å². The van der Waals surface area contributed by atoms with Gasteiger partial charge in [-0.1, -0.05) is 12.1 Å². The Balaban J connectivity index is 2.26. The minimum absolute atomic E-state index is 0.207. The summed E-state index contributed by atoms with van der Waals surface area (Å²) in [5, 5.41) is 0. The van der Waals surface area contributed by atoms with Gasteiger partial charge in [-0.2, -0.15) is 0 Å². The topological polar surface area (TPSA) is 57.5 Å². The van der Waals surface area contributed by atoms with Crippen LogP contribution in [0.4, 0.5) is 0 Å². The second-order valence-electron chi connectivity index (χ2n) is 4.43. The summed E-state index contributed by atoms with van der Waals surface area (Å²) in [7, 11) is 1.46. The van der Waals surface area contributed by atoms with Crippen LogP contribution in [-0.4, -0.2) is 24.3 Å². The molecule has 0 radical (unpaired) electrons. The third-order valence-corrected chi connectivity index (χ3v) is 3.00. The first-order valence-corrected chi connectivity index (χ1v) is 6.65. The van der Waals surface area contributed by atoms with Crippen molar-refractivity contribution in [1.29, 1.82) is 0 Å². The van der Waals surface area contributed by atoms with E-state index in [1.165, 1.54) is 11.7 Å². The van der Waals surface area contributed by atoms with Crippen molar-refractivity contribution in [2.45, 2.75) is 13.5 Å². The van der Waals surface area contributed by atoms with E-state index in [-0.39, 0.29) is 11.5 Å². The van der Waals surface area contributed by atoms with Gasteiger partial charge in [-0.05, 0) is 36.8 Å². The molecule has 0 bridgehead atoms. The molecule has 0 unspecified atom stereocenters. The molecule has 0 spiro atoms. The van der Waals surface area contributed by atoms with Crippen molar-refractivity contribution in [1.82, 2.24) is 4.57 Å². The molecule has 21 heavy (non-hydrogen) atoms. The molecule has 0 N–H and O–H groups in total. The van der Waals surface area contributed by atoms with Crippen molar-refractivity contribution in [2.75, 3.05) is 13.7 Å². The van der Waals surface area contributed by atoms with Crippen LogP contribution in [0.5, 0.6) is 5.75 Å². The minimum atomic E-state index is -0.364. The highest BCUT2D eigenvalue weighted by Crippen LogP contribution is 2.09. The Kier molecular flexibility index (Phi) is 4.77. The lowest BCUT2D eigenvalue weighted by molar-refractivity contribution is 0.0526. The van der Waals surface area contributed by atoms with Gasteiger partial charge in [0.25, 0.3) is 5.56 Å². The van der Waals surface area contributed by atoms with E-state index in [9.17, 15) is 9.59 Å². The Hall–Kier alpha value is -2.56. The fourth-order valence-corrected chi connectivity index (χ4v) is 2.00. The van der Waals surface area contributed by atoms with E-state index >= 15 is 0 Å². The lowest BCUT2D eigenvalue weighted by Crippen LogP contribution is -2.21. The number of carbonyl (C=O) groups is 1. The zero-order valence-corrected chi connectivity index (χ0v) is 12.0. The molecular formula is C16H17NO4. The van der Waals surface area contributed by atoms with Gasteiger partial charge in [-0.15, -0.1) is 0 Å². The van der Waals surface area contributed by atoms with E-state index in [2.05, 4.69) is 0 Å².